The molecule has 1 aliphatic carbocycles. The number of aromatic nitrogens is 3. The molecule has 2 aliphatic rings. The summed E-state index contributed by atoms with van der Waals surface area (Å²) in [5.74, 6) is 1.07. The second kappa shape index (κ2) is 5.60. The molecule has 4 heteroatoms. The van der Waals surface area contributed by atoms with Gasteiger partial charge >= 0.3 is 0 Å². The van der Waals surface area contributed by atoms with Crippen LogP contribution < -0.4 is 5.32 Å². The summed E-state index contributed by atoms with van der Waals surface area (Å²) in [7, 11) is 0. The number of benzene rings is 1. The van der Waals surface area contributed by atoms with Gasteiger partial charge in [-0.2, -0.15) is 0 Å². The topological polar surface area (TPSA) is 42.7 Å². The molecule has 0 radical (unpaired) electrons. The van der Waals surface area contributed by atoms with Gasteiger partial charge in [-0.25, -0.2) is 0 Å². The summed E-state index contributed by atoms with van der Waals surface area (Å²) in [6, 6.07) is 7.18. The molecular formula is C17H22N4. The third-order valence-electron chi connectivity index (χ3n) is 4.92. The van der Waals surface area contributed by atoms with E-state index >= 15 is 0 Å². The fourth-order valence-corrected chi connectivity index (χ4v) is 3.80. The highest BCUT2D eigenvalue weighted by atomic mass is 15.3. The summed E-state index contributed by atoms with van der Waals surface area (Å²) < 4.78 is 2.33. The maximum absolute atomic E-state index is 4.46. The minimum Gasteiger partial charge on any atom is -0.312 e. The molecule has 1 fully saturated rings. The number of nitrogens with zero attached hydrogens (tertiary/aromatic N) is 3. The van der Waals surface area contributed by atoms with E-state index < -0.39 is 0 Å². The van der Waals surface area contributed by atoms with Crippen LogP contribution in [0, 0.1) is 0 Å². The second-order valence-corrected chi connectivity index (χ2v) is 6.22. The molecule has 1 aromatic heterocycles. The van der Waals surface area contributed by atoms with Crippen LogP contribution in [0.15, 0.2) is 24.5 Å². The number of fused-ring (bicyclic) bond motifs is 1. The van der Waals surface area contributed by atoms with Crippen molar-refractivity contribution in [1.29, 1.82) is 0 Å². The monoisotopic (exact) mass is 282 g/mol. The normalized spacial score (nSPS) is 19.4. The van der Waals surface area contributed by atoms with Gasteiger partial charge in [0.15, 0.2) is 5.82 Å². The lowest BCUT2D eigenvalue weighted by Crippen LogP contribution is -2.24. The zero-order valence-corrected chi connectivity index (χ0v) is 12.4. The zero-order valence-electron chi connectivity index (χ0n) is 12.4. The molecule has 0 unspecified atom stereocenters. The summed E-state index contributed by atoms with van der Waals surface area (Å²) in [5, 5.41) is 12.1. The van der Waals surface area contributed by atoms with E-state index in [1.54, 1.807) is 0 Å². The van der Waals surface area contributed by atoms with Gasteiger partial charge in [-0.05, 0) is 36.9 Å². The van der Waals surface area contributed by atoms with Crippen LogP contribution in [0.2, 0.25) is 0 Å². The smallest absolute Gasteiger partial charge is 0.164 e. The quantitative estimate of drug-likeness (QED) is 0.920. The van der Waals surface area contributed by atoms with Gasteiger partial charge in [-0.15, -0.1) is 10.2 Å². The molecule has 2 heterocycles. The fourth-order valence-electron chi connectivity index (χ4n) is 3.80. The molecule has 1 N–H and O–H groups in total. The van der Waals surface area contributed by atoms with Crippen LogP contribution in [0.3, 0.4) is 0 Å². The van der Waals surface area contributed by atoms with Crippen LogP contribution in [0.1, 0.15) is 49.3 Å². The van der Waals surface area contributed by atoms with E-state index in [1.165, 1.54) is 48.8 Å². The minimum atomic E-state index is 0.585. The first-order chi connectivity index (χ1) is 10.4. The fraction of sp³-hybridized carbons (Fsp3) is 0.529. The van der Waals surface area contributed by atoms with Crippen LogP contribution in [0.5, 0.6) is 0 Å². The summed E-state index contributed by atoms with van der Waals surface area (Å²) in [5.41, 5.74) is 4.16. The standard InChI is InChI=1S/C17H22N4/c1-2-6-14(7-3-1)21-12-19-20-17(21)16-8-4-5-13-11-18-10-9-15(13)16/h4-5,8,12,14,18H,1-3,6-7,9-11H2. The molecule has 4 rings (SSSR count). The van der Waals surface area contributed by atoms with Crippen molar-refractivity contribution in [3.8, 4) is 11.4 Å². The maximum atomic E-state index is 4.46. The first kappa shape index (κ1) is 13.0. The maximum Gasteiger partial charge on any atom is 0.164 e. The van der Waals surface area contributed by atoms with Crippen molar-refractivity contribution in [2.75, 3.05) is 6.54 Å². The molecule has 0 spiro atoms. The molecule has 0 saturated heterocycles. The average Bonchev–Trinajstić information content (AvgIpc) is 3.04. The Morgan fingerprint density at radius 1 is 1.14 bits per heavy atom. The Labute approximate surface area is 125 Å². The van der Waals surface area contributed by atoms with Crippen molar-refractivity contribution >= 4 is 0 Å². The highest BCUT2D eigenvalue weighted by Gasteiger charge is 2.22. The number of hydrogen-bond acceptors (Lipinski definition) is 3. The lowest BCUT2D eigenvalue weighted by atomic mass is 9.93. The third kappa shape index (κ3) is 2.38. The Morgan fingerprint density at radius 2 is 2.05 bits per heavy atom. The molecule has 0 atom stereocenters. The highest BCUT2D eigenvalue weighted by molar-refractivity contribution is 5.63. The number of nitrogens with one attached hydrogen (secondary N) is 1. The van der Waals surface area contributed by atoms with E-state index in [9.17, 15) is 0 Å². The van der Waals surface area contributed by atoms with Crippen molar-refractivity contribution in [1.82, 2.24) is 20.1 Å². The lowest BCUT2D eigenvalue weighted by molar-refractivity contribution is 0.355. The summed E-state index contributed by atoms with van der Waals surface area (Å²) in [6.07, 6.45) is 9.59. The minimum absolute atomic E-state index is 0.585. The SMILES string of the molecule is c1cc2c(c(-c3nncn3C3CCCCC3)c1)CCNC2. The molecule has 0 bridgehead atoms. The van der Waals surface area contributed by atoms with Crippen LogP contribution in [0.25, 0.3) is 11.4 Å². The first-order valence-corrected chi connectivity index (χ1v) is 8.15. The van der Waals surface area contributed by atoms with Crippen molar-refractivity contribution in [2.45, 2.75) is 51.1 Å². The zero-order chi connectivity index (χ0) is 14.1. The summed E-state index contributed by atoms with van der Waals surface area (Å²) in [6.45, 7) is 2.03. The van der Waals surface area contributed by atoms with Gasteiger partial charge in [-0.1, -0.05) is 37.5 Å². The Morgan fingerprint density at radius 3 is 2.95 bits per heavy atom. The summed E-state index contributed by atoms with van der Waals surface area (Å²) in [4.78, 5) is 0. The number of rotatable bonds is 2. The predicted octanol–water partition coefficient (Wildman–Crippen LogP) is 3.10. The molecule has 0 amide bonds. The van der Waals surface area contributed by atoms with E-state index in [4.69, 9.17) is 0 Å². The van der Waals surface area contributed by atoms with Gasteiger partial charge in [0.05, 0.1) is 0 Å². The van der Waals surface area contributed by atoms with Crippen LogP contribution in [-0.2, 0) is 13.0 Å². The Balaban J connectivity index is 1.76. The van der Waals surface area contributed by atoms with E-state index in [0.717, 1.165) is 25.3 Å². The average molecular weight is 282 g/mol. The Kier molecular flexibility index (Phi) is 3.47. The van der Waals surface area contributed by atoms with Crippen LogP contribution in [0.4, 0.5) is 0 Å². The van der Waals surface area contributed by atoms with Crippen molar-refractivity contribution in [3.05, 3.63) is 35.7 Å². The van der Waals surface area contributed by atoms with Crippen LogP contribution >= 0.6 is 0 Å². The van der Waals surface area contributed by atoms with Gasteiger partial charge in [-0.3, -0.25) is 0 Å². The molecule has 1 aromatic carbocycles. The molecule has 110 valence electrons. The van der Waals surface area contributed by atoms with Crippen molar-refractivity contribution in [2.24, 2.45) is 0 Å². The van der Waals surface area contributed by atoms with E-state index in [0.29, 0.717) is 6.04 Å². The number of hydrogen-bond donors (Lipinski definition) is 1. The van der Waals surface area contributed by atoms with E-state index in [2.05, 4.69) is 38.3 Å². The highest BCUT2D eigenvalue weighted by Crippen LogP contribution is 2.33. The molecule has 1 saturated carbocycles. The Bertz CT molecular complexity index is 625. The van der Waals surface area contributed by atoms with Crippen LogP contribution in [-0.4, -0.2) is 21.3 Å². The Hall–Kier alpha value is -1.68. The van der Waals surface area contributed by atoms with Crippen molar-refractivity contribution < 1.29 is 0 Å². The molecular weight excluding hydrogens is 260 g/mol. The molecule has 1 aliphatic heterocycles. The lowest BCUT2D eigenvalue weighted by Gasteiger charge is -2.25. The van der Waals surface area contributed by atoms with Gasteiger partial charge in [0.1, 0.15) is 6.33 Å². The molecule has 4 nitrogen and oxygen atoms in total. The third-order valence-corrected chi connectivity index (χ3v) is 4.92. The first-order valence-electron chi connectivity index (χ1n) is 8.15. The van der Waals surface area contributed by atoms with E-state index in [1.807, 2.05) is 6.33 Å². The molecule has 2 aromatic rings. The predicted molar refractivity (Wildman–Crippen MR) is 83.0 cm³/mol. The van der Waals surface area contributed by atoms with Gasteiger partial charge in [0.2, 0.25) is 0 Å². The molecule has 21 heavy (non-hydrogen) atoms. The summed E-state index contributed by atoms with van der Waals surface area (Å²) >= 11 is 0. The van der Waals surface area contributed by atoms with Crippen molar-refractivity contribution in [3.63, 3.8) is 0 Å². The van der Waals surface area contributed by atoms with Gasteiger partial charge in [0, 0.05) is 18.2 Å². The largest absolute Gasteiger partial charge is 0.312 e. The second-order valence-electron chi connectivity index (χ2n) is 6.22. The van der Waals surface area contributed by atoms with Gasteiger partial charge < -0.3 is 9.88 Å². The van der Waals surface area contributed by atoms with E-state index in [-0.39, 0.29) is 0 Å². The van der Waals surface area contributed by atoms with Gasteiger partial charge in [0.25, 0.3) is 0 Å².